The second-order valence-electron chi connectivity index (χ2n) is 4.54. The molecule has 1 amide bonds. The third-order valence-electron chi connectivity index (χ3n) is 2.76. The molecule has 0 heterocycles. The largest absolute Gasteiger partial charge is 0.490 e. The highest BCUT2D eigenvalue weighted by Crippen LogP contribution is 2.30. The minimum Gasteiger partial charge on any atom is -0.490 e. The molecule has 0 spiro atoms. The minimum absolute atomic E-state index is 0.0192. The molecule has 1 aromatic carbocycles. The highest BCUT2D eigenvalue weighted by Gasteiger charge is 2.25. The van der Waals surface area contributed by atoms with Crippen LogP contribution >= 0.6 is 0 Å². The van der Waals surface area contributed by atoms with Crippen molar-refractivity contribution < 1.29 is 9.53 Å². The van der Waals surface area contributed by atoms with Crippen molar-refractivity contribution in [1.82, 2.24) is 4.90 Å². The number of carbonyl (C=O) groups is 1. The van der Waals surface area contributed by atoms with Crippen LogP contribution in [0.4, 0.5) is 0 Å². The number of ether oxygens (including phenoxy) is 1. The summed E-state index contributed by atoms with van der Waals surface area (Å²) in [6.07, 6.45) is 2.50. The molecule has 4 nitrogen and oxygen atoms in total. The van der Waals surface area contributed by atoms with Crippen molar-refractivity contribution in [1.29, 1.82) is 0 Å². The predicted octanol–water partition coefficient (Wildman–Crippen LogP) is 1.39. The summed E-state index contributed by atoms with van der Waals surface area (Å²) in [6.45, 7) is 0.429. The summed E-state index contributed by atoms with van der Waals surface area (Å²) in [4.78, 5) is 13.4. The standard InChI is InChI=1S/C13H18N2O2/c1-15(2)13(16)9-3-4-10(8-14)12(7-9)17-11-5-6-11/h3-4,7,11H,5-6,8,14H2,1-2H3. The van der Waals surface area contributed by atoms with Gasteiger partial charge in [0.1, 0.15) is 5.75 Å². The molecule has 0 aromatic heterocycles. The average Bonchev–Trinajstić information content (AvgIpc) is 3.11. The van der Waals surface area contributed by atoms with E-state index in [-0.39, 0.29) is 5.91 Å². The monoisotopic (exact) mass is 234 g/mol. The maximum Gasteiger partial charge on any atom is 0.253 e. The number of carbonyl (C=O) groups excluding carboxylic acids is 1. The van der Waals surface area contributed by atoms with Crippen molar-refractivity contribution in [3.8, 4) is 5.75 Å². The van der Waals surface area contributed by atoms with Crippen molar-refractivity contribution in [2.45, 2.75) is 25.5 Å². The Hall–Kier alpha value is -1.55. The van der Waals surface area contributed by atoms with Crippen LogP contribution in [0.5, 0.6) is 5.75 Å². The molecule has 0 saturated heterocycles. The highest BCUT2D eigenvalue weighted by molar-refractivity contribution is 5.94. The maximum absolute atomic E-state index is 11.8. The molecule has 1 saturated carbocycles. The van der Waals surface area contributed by atoms with E-state index in [9.17, 15) is 4.79 Å². The van der Waals surface area contributed by atoms with Gasteiger partial charge in [0.05, 0.1) is 6.10 Å². The van der Waals surface area contributed by atoms with Crippen LogP contribution in [0.1, 0.15) is 28.8 Å². The fourth-order valence-electron chi connectivity index (χ4n) is 1.59. The van der Waals surface area contributed by atoms with Crippen LogP contribution < -0.4 is 10.5 Å². The second kappa shape index (κ2) is 4.75. The zero-order chi connectivity index (χ0) is 12.4. The quantitative estimate of drug-likeness (QED) is 0.856. The van der Waals surface area contributed by atoms with Crippen molar-refractivity contribution >= 4 is 5.91 Å². The summed E-state index contributed by atoms with van der Waals surface area (Å²) in [6, 6.07) is 5.46. The number of benzene rings is 1. The fourth-order valence-corrected chi connectivity index (χ4v) is 1.59. The maximum atomic E-state index is 11.8. The van der Waals surface area contributed by atoms with Gasteiger partial charge in [0.2, 0.25) is 0 Å². The SMILES string of the molecule is CN(C)C(=O)c1ccc(CN)c(OC2CC2)c1. The first-order valence-electron chi connectivity index (χ1n) is 5.83. The van der Waals surface area contributed by atoms with Crippen LogP contribution in [-0.2, 0) is 6.54 Å². The minimum atomic E-state index is -0.0192. The van der Waals surface area contributed by atoms with Gasteiger partial charge < -0.3 is 15.4 Å². The van der Waals surface area contributed by atoms with E-state index in [1.54, 1.807) is 31.1 Å². The Bertz CT molecular complexity index is 425. The summed E-state index contributed by atoms with van der Waals surface area (Å²) < 4.78 is 5.77. The van der Waals surface area contributed by atoms with E-state index < -0.39 is 0 Å². The van der Waals surface area contributed by atoms with Crippen LogP contribution in [0.15, 0.2) is 18.2 Å². The molecule has 17 heavy (non-hydrogen) atoms. The molecule has 0 radical (unpaired) electrons. The summed E-state index contributed by atoms with van der Waals surface area (Å²) in [5.41, 5.74) is 7.25. The Kier molecular flexibility index (Phi) is 3.33. The summed E-state index contributed by atoms with van der Waals surface area (Å²) in [5.74, 6) is 0.733. The molecule has 0 aliphatic heterocycles. The van der Waals surface area contributed by atoms with Crippen LogP contribution in [0.2, 0.25) is 0 Å². The van der Waals surface area contributed by atoms with Gasteiger partial charge in [0.25, 0.3) is 5.91 Å². The van der Waals surface area contributed by atoms with Gasteiger partial charge in [0.15, 0.2) is 0 Å². The molecule has 1 fully saturated rings. The molecule has 0 bridgehead atoms. The van der Waals surface area contributed by atoms with Gasteiger partial charge in [-0.1, -0.05) is 6.07 Å². The third-order valence-corrected chi connectivity index (χ3v) is 2.76. The van der Waals surface area contributed by atoms with Crippen molar-refractivity contribution in [3.63, 3.8) is 0 Å². The molecule has 2 rings (SSSR count). The van der Waals surface area contributed by atoms with Gasteiger partial charge in [0, 0.05) is 31.8 Å². The topological polar surface area (TPSA) is 55.6 Å². The van der Waals surface area contributed by atoms with E-state index in [0.717, 1.165) is 24.2 Å². The number of rotatable bonds is 4. The lowest BCUT2D eigenvalue weighted by Crippen LogP contribution is -2.21. The first-order valence-corrected chi connectivity index (χ1v) is 5.83. The highest BCUT2D eigenvalue weighted by atomic mass is 16.5. The van der Waals surface area contributed by atoms with Crippen molar-refractivity contribution in [3.05, 3.63) is 29.3 Å². The molecule has 1 aromatic rings. The van der Waals surface area contributed by atoms with E-state index >= 15 is 0 Å². The van der Waals surface area contributed by atoms with Gasteiger partial charge in [-0.25, -0.2) is 0 Å². The normalized spacial score (nSPS) is 14.5. The molecule has 1 aliphatic rings. The summed E-state index contributed by atoms with van der Waals surface area (Å²) in [5, 5.41) is 0. The van der Waals surface area contributed by atoms with Gasteiger partial charge >= 0.3 is 0 Å². The van der Waals surface area contributed by atoms with Crippen LogP contribution in [0.3, 0.4) is 0 Å². The lowest BCUT2D eigenvalue weighted by Gasteiger charge is -2.14. The van der Waals surface area contributed by atoms with E-state index in [0.29, 0.717) is 18.2 Å². The van der Waals surface area contributed by atoms with Crippen LogP contribution in [-0.4, -0.2) is 31.0 Å². The third kappa shape index (κ3) is 2.77. The molecule has 92 valence electrons. The lowest BCUT2D eigenvalue weighted by molar-refractivity contribution is 0.0827. The molecule has 2 N–H and O–H groups in total. The molecule has 0 unspecified atom stereocenters. The smallest absolute Gasteiger partial charge is 0.253 e. The number of hydrogen-bond donors (Lipinski definition) is 1. The molecule has 0 atom stereocenters. The Morgan fingerprint density at radius 2 is 2.18 bits per heavy atom. The van der Waals surface area contributed by atoms with Gasteiger partial charge in [-0.3, -0.25) is 4.79 Å². The number of amides is 1. The van der Waals surface area contributed by atoms with Gasteiger partial charge in [-0.05, 0) is 25.0 Å². The lowest BCUT2D eigenvalue weighted by atomic mass is 10.1. The molecular formula is C13H18N2O2. The Morgan fingerprint density at radius 3 is 2.71 bits per heavy atom. The number of nitrogens with zero attached hydrogens (tertiary/aromatic N) is 1. The van der Waals surface area contributed by atoms with Crippen LogP contribution in [0, 0.1) is 0 Å². The predicted molar refractivity (Wildman–Crippen MR) is 66.0 cm³/mol. The Morgan fingerprint density at radius 1 is 1.47 bits per heavy atom. The number of hydrogen-bond acceptors (Lipinski definition) is 3. The number of nitrogens with two attached hydrogens (primary N) is 1. The first kappa shape index (κ1) is 11.9. The van der Waals surface area contributed by atoms with Crippen LogP contribution in [0.25, 0.3) is 0 Å². The second-order valence-corrected chi connectivity index (χ2v) is 4.54. The van der Waals surface area contributed by atoms with E-state index in [1.807, 2.05) is 6.07 Å². The van der Waals surface area contributed by atoms with Gasteiger partial charge in [-0.15, -0.1) is 0 Å². The zero-order valence-corrected chi connectivity index (χ0v) is 10.3. The summed E-state index contributed by atoms with van der Waals surface area (Å²) in [7, 11) is 3.47. The molecule has 1 aliphatic carbocycles. The molecule has 4 heteroatoms. The van der Waals surface area contributed by atoms with E-state index in [1.165, 1.54) is 0 Å². The van der Waals surface area contributed by atoms with Gasteiger partial charge in [-0.2, -0.15) is 0 Å². The first-order chi connectivity index (χ1) is 8.11. The Balaban J connectivity index is 2.26. The zero-order valence-electron chi connectivity index (χ0n) is 10.3. The van der Waals surface area contributed by atoms with Crippen molar-refractivity contribution in [2.24, 2.45) is 5.73 Å². The van der Waals surface area contributed by atoms with Crippen molar-refractivity contribution in [2.75, 3.05) is 14.1 Å². The molecular weight excluding hydrogens is 216 g/mol. The fraction of sp³-hybridized carbons (Fsp3) is 0.462. The average molecular weight is 234 g/mol. The Labute approximate surface area is 101 Å². The summed E-state index contributed by atoms with van der Waals surface area (Å²) >= 11 is 0. The van der Waals surface area contributed by atoms with E-state index in [4.69, 9.17) is 10.5 Å². The van der Waals surface area contributed by atoms with E-state index in [2.05, 4.69) is 0 Å².